The summed E-state index contributed by atoms with van der Waals surface area (Å²) in [6.07, 6.45) is 1.82. The standard InChI is InChI=1S/C11H16FN3O2S/c12-10-6-9(18(14,16)17)3-4-11(10)15-5-1-2-8(13)7-15/h3-4,6,8H,1-2,5,7,13H2,(H2,14,16,17). The quantitative estimate of drug-likeness (QED) is 0.816. The second-order valence-electron chi connectivity index (χ2n) is 4.51. The van der Waals surface area contributed by atoms with Crippen molar-refractivity contribution in [3.05, 3.63) is 24.0 Å². The molecule has 1 aliphatic rings. The summed E-state index contributed by atoms with van der Waals surface area (Å²) in [5, 5.41) is 4.95. The van der Waals surface area contributed by atoms with Gasteiger partial charge in [-0.25, -0.2) is 17.9 Å². The van der Waals surface area contributed by atoms with Crippen LogP contribution in [0.1, 0.15) is 12.8 Å². The zero-order chi connectivity index (χ0) is 13.3. The predicted octanol–water partition coefficient (Wildman–Crippen LogP) is 0.401. The van der Waals surface area contributed by atoms with Gasteiger partial charge in [-0.1, -0.05) is 0 Å². The van der Waals surface area contributed by atoms with Gasteiger partial charge in [0.05, 0.1) is 10.6 Å². The Morgan fingerprint density at radius 1 is 1.39 bits per heavy atom. The Bertz CT molecular complexity index is 547. The molecule has 7 heteroatoms. The van der Waals surface area contributed by atoms with E-state index in [0.29, 0.717) is 12.2 Å². The number of halogens is 1. The molecule has 0 saturated carbocycles. The monoisotopic (exact) mass is 273 g/mol. The summed E-state index contributed by atoms with van der Waals surface area (Å²) in [5.74, 6) is -0.587. The molecule has 0 amide bonds. The van der Waals surface area contributed by atoms with Crippen molar-refractivity contribution in [1.29, 1.82) is 0 Å². The van der Waals surface area contributed by atoms with E-state index in [2.05, 4.69) is 0 Å². The zero-order valence-corrected chi connectivity index (χ0v) is 10.7. The summed E-state index contributed by atoms with van der Waals surface area (Å²) in [7, 11) is -3.87. The zero-order valence-electron chi connectivity index (χ0n) is 9.84. The Kier molecular flexibility index (Phi) is 3.56. The number of rotatable bonds is 2. The fourth-order valence-corrected chi connectivity index (χ4v) is 2.68. The Morgan fingerprint density at radius 2 is 2.11 bits per heavy atom. The summed E-state index contributed by atoms with van der Waals surface area (Å²) >= 11 is 0. The second kappa shape index (κ2) is 4.83. The van der Waals surface area contributed by atoms with Crippen molar-refractivity contribution >= 4 is 15.7 Å². The first-order chi connectivity index (χ1) is 8.38. The van der Waals surface area contributed by atoms with E-state index in [1.807, 2.05) is 4.90 Å². The minimum absolute atomic E-state index is 0.0241. The molecule has 1 aromatic carbocycles. The number of hydrogen-bond acceptors (Lipinski definition) is 4. The van der Waals surface area contributed by atoms with E-state index in [-0.39, 0.29) is 10.9 Å². The molecule has 1 aromatic rings. The summed E-state index contributed by atoms with van der Waals surface area (Å²) < 4.78 is 36.1. The predicted molar refractivity (Wildman–Crippen MR) is 67.2 cm³/mol. The molecule has 0 aliphatic carbocycles. The lowest BCUT2D eigenvalue weighted by Crippen LogP contribution is -2.43. The number of anilines is 1. The van der Waals surface area contributed by atoms with Gasteiger partial charge in [-0.05, 0) is 31.0 Å². The van der Waals surface area contributed by atoms with E-state index >= 15 is 0 Å². The van der Waals surface area contributed by atoms with Crippen LogP contribution in [-0.4, -0.2) is 27.5 Å². The number of primary sulfonamides is 1. The van der Waals surface area contributed by atoms with Gasteiger partial charge < -0.3 is 10.6 Å². The van der Waals surface area contributed by atoms with Crippen LogP contribution in [0.25, 0.3) is 0 Å². The van der Waals surface area contributed by atoms with Crippen molar-refractivity contribution in [2.45, 2.75) is 23.8 Å². The summed E-state index contributed by atoms with van der Waals surface area (Å²) in [6, 6.07) is 3.72. The van der Waals surface area contributed by atoms with Gasteiger partial charge in [-0.15, -0.1) is 0 Å². The Labute approximate surface area is 106 Å². The average Bonchev–Trinajstić information content (AvgIpc) is 2.27. The highest BCUT2D eigenvalue weighted by Crippen LogP contribution is 2.24. The fourth-order valence-electron chi connectivity index (χ4n) is 2.15. The van der Waals surface area contributed by atoms with Crippen LogP contribution >= 0.6 is 0 Å². The number of hydrogen-bond donors (Lipinski definition) is 2. The van der Waals surface area contributed by atoms with Crippen molar-refractivity contribution in [2.24, 2.45) is 10.9 Å². The minimum atomic E-state index is -3.87. The molecular weight excluding hydrogens is 257 g/mol. The van der Waals surface area contributed by atoms with E-state index in [4.69, 9.17) is 10.9 Å². The largest absolute Gasteiger partial charge is 0.368 e. The van der Waals surface area contributed by atoms with Crippen LogP contribution in [0.4, 0.5) is 10.1 Å². The van der Waals surface area contributed by atoms with Gasteiger partial charge in [-0.3, -0.25) is 0 Å². The van der Waals surface area contributed by atoms with Gasteiger partial charge in [0.2, 0.25) is 10.0 Å². The molecule has 1 saturated heterocycles. The lowest BCUT2D eigenvalue weighted by Gasteiger charge is -2.32. The van der Waals surface area contributed by atoms with Crippen molar-refractivity contribution < 1.29 is 12.8 Å². The number of piperidine rings is 1. The van der Waals surface area contributed by atoms with E-state index in [9.17, 15) is 12.8 Å². The van der Waals surface area contributed by atoms with Crippen LogP contribution < -0.4 is 15.8 Å². The molecule has 100 valence electrons. The van der Waals surface area contributed by atoms with Gasteiger partial charge in [0.15, 0.2) is 0 Å². The maximum absolute atomic E-state index is 13.9. The summed E-state index contributed by atoms with van der Waals surface area (Å²) in [5.41, 5.74) is 6.20. The maximum Gasteiger partial charge on any atom is 0.238 e. The molecule has 1 aliphatic heterocycles. The number of nitrogens with two attached hydrogens (primary N) is 2. The maximum atomic E-state index is 13.9. The molecule has 5 nitrogen and oxygen atoms in total. The first-order valence-electron chi connectivity index (χ1n) is 5.71. The Hall–Kier alpha value is -1.18. The SMILES string of the molecule is NC1CCCN(c2ccc(S(N)(=O)=O)cc2F)C1. The molecule has 0 radical (unpaired) electrons. The van der Waals surface area contributed by atoms with E-state index < -0.39 is 15.8 Å². The molecule has 2 rings (SSSR count). The number of nitrogens with zero attached hydrogens (tertiary/aromatic N) is 1. The van der Waals surface area contributed by atoms with Gasteiger partial charge >= 0.3 is 0 Å². The number of benzene rings is 1. The molecular formula is C11H16FN3O2S. The van der Waals surface area contributed by atoms with Crippen molar-refractivity contribution in [3.63, 3.8) is 0 Å². The third-order valence-corrected chi connectivity index (χ3v) is 3.96. The molecule has 1 heterocycles. The first-order valence-corrected chi connectivity index (χ1v) is 7.25. The van der Waals surface area contributed by atoms with Crippen molar-refractivity contribution in [2.75, 3.05) is 18.0 Å². The molecule has 1 atom stereocenters. The molecule has 0 bridgehead atoms. The molecule has 0 spiro atoms. The van der Waals surface area contributed by atoms with Gasteiger partial charge in [-0.2, -0.15) is 0 Å². The van der Waals surface area contributed by atoms with Gasteiger partial charge in [0, 0.05) is 19.1 Å². The van der Waals surface area contributed by atoms with Crippen LogP contribution in [0.5, 0.6) is 0 Å². The third kappa shape index (κ3) is 2.80. The molecule has 4 N–H and O–H groups in total. The Morgan fingerprint density at radius 3 is 2.67 bits per heavy atom. The van der Waals surface area contributed by atoms with Gasteiger partial charge in [0.1, 0.15) is 5.82 Å². The molecule has 0 aromatic heterocycles. The molecule has 1 unspecified atom stereocenters. The van der Waals surface area contributed by atoms with Crippen molar-refractivity contribution in [1.82, 2.24) is 0 Å². The third-order valence-electron chi connectivity index (χ3n) is 3.05. The summed E-state index contributed by atoms with van der Waals surface area (Å²) in [6.45, 7) is 1.30. The van der Waals surface area contributed by atoms with E-state index in [0.717, 1.165) is 25.5 Å². The fraction of sp³-hybridized carbons (Fsp3) is 0.455. The lowest BCUT2D eigenvalue weighted by molar-refractivity contribution is 0.497. The van der Waals surface area contributed by atoms with E-state index in [1.54, 1.807) is 0 Å². The highest BCUT2D eigenvalue weighted by atomic mass is 32.2. The minimum Gasteiger partial charge on any atom is -0.368 e. The highest BCUT2D eigenvalue weighted by molar-refractivity contribution is 7.89. The first kappa shape index (κ1) is 13.3. The number of sulfonamides is 1. The van der Waals surface area contributed by atoms with Crippen LogP contribution in [-0.2, 0) is 10.0 Å². The van der Waals surface area contributed by atoms with Crippen LogP contribution in [0.15, 0.2) is 23.1 Å². The van der Waals surface area contributed by atoms with Gasteiger partial charge in [0.25, 0.3) is 0 Å². The normalized spacial score (nSPS) is 21.1. The summed E-state index contributed by atoms with van der Waals surface area (Å²) in [4.78, 5) is 1.61. The lowest BCUT2D eigenvalue weighted by atomic mass is 10.1. The smallest absolute Gasteiger partial charge is 0.238 e. The average molecular weight is 273 g/mol. The Balaban J connectivity index is 2.30. The topological polar surface area (TPSA) is 89.4 Å². The van der Waals surface area contributed by atoms with E-state index in [1.165, 1.54) is 12.1 Å². The second-order valence-corrected chi connectivity index (χ2v) is 6.07. The van der Waals surface area contributed by atoms with Crippen LogP contribution in [0, 0.1) is 5.82 Å². The molecule has 1 fully saturated rings. The highest BCUT2D eigenvalue weighted by Gasteiger charge is 2.20. The van der Waals surface area contributed by atoms with Crippen LogP contribution in [0.3, 0.4) is 0 Å². The molecule has 18 heavy (non-hydrogen) atoms. The van der Waals surface area contributed by atoms with Crippen molar-refractivity contribution in [3.8, 4) is 0 Å². The van der Waals surface area contributed by atoms with Crippen LogP contribution in [0.2, 0.25) is 0 Å².